The smallest absolute Gasteiger partial charge is 0.00671 e. The van der Waals surface area contributed by atoms with Crippen LogP contribution in [0.5, 0.6) is 0 Å². The van der Waals surface area contributed by atoms with Gasteiger partial charge in [0.05, 0.1) is 0 Å². The Labute approximate surface area is 99.3 Å². The van der Waals surface area contributed by atoms with Gasteiger partial charge in [-0.15, -0.1) is 0 Å². The molecule has 88 valence electrons. The zero-order chi connectivity index (χ0) is 11.1. The zero-order valence-electron chi connectivity index (χ0n) is 10.1. The van der Waals surface area contributed by atoms with Crippen LogP contribution in [-0.4, -0.2) is 12.6 Å². The number of aryl methyl sites for hydroxylation is 1. The molecule has 1 aliphatic heterocycles. The summed E-state index contributed by atoms with van der Waals surface area (Å²) in [6, 6.07) is 11.6. The molecule has 0 saturated carbocycles. The quantitative estimate of drug-likeness (QED) is 0.813. The lowest BCUT2D eigenvalue weighted by Gasteiger charge is -2.15. The highest BCUT2D eigenvalue weighted by Gasteiger charge is 2.10. The second-order valence-corrected chi connectivity index (χ2v) is 4.88. The second kappa shape index (κ2) is 6.70. The lowest BCUT2D eigenvalue weighted by molar-refractivity contribution is 0.464. The van der Waals surface area contributed by atoms with E-state index in [1.807, 2.05) is 0 Å². The second-order valence-electron chi connectivity index (χ2n) is 4.88. The highest BCUT2D eigenvalue weighted by Crippen LogP contribution is 2.14. The summed E-state index contributed by atoms with van der Waals surface area (Å²) >= 11 is 0. The molecule has 1 atom stereocenters. The van der Waals surface area contributed by atoms with Crippen LogP contribution in [0.4, 0.5) is 0 Å². The molecular formula is C15H23N. The fourth-order valence-electron chi connectivity index (χ4n) is 2.54. The molecule has 1 aliphatic rings. The Balaban J connectivity index is 1.67. The van der Waals surface area contributed by atoms with E-state index < -0.39 is 0 Å². The van der Waals surface area contributed by atoms with Crippen LogP contribution in [0.15, 0.2) is 30.3 Å². The predicted octanol–water partition coefficient (Wildman–Crippen LogP) is 3.54. The number of nitrogens with one attached hydrogen (secondary N) is 1. The van der Waals surface area contributed by atoms with Crippen LogP contribution in [0, 0.1) is 0 Å². The van der Waals surface area contributed by atoms with Crippen LogP contribution in [0.3, 0.4) is 0 Å². The van der Waals surface area contributed by atoms with Crippen LogP contribution in [0.1, 0.15) is 44.1 Å². The van der Waals surface area contributed by atoms with Crippen molar-refractivity contribution in [2.45, 2.75) is 51.0 Å². The molecule has 0 amide bonds. The summed E-state index contributed by atoms with van der Waals surface area (Å²) in [6.45, 7) is 1.23. The molecule has 1 heterocycles. The van der Waals surface area contributed by atoms with E-state index >= 15 is 0 Å². The van der Waals surface area contributed by atoms with Gasteiger partial charge < -0.3 is 5.32 Å². The molecule has 0 spiro atoms. The minimum Gasteiger partial charge on any atom is -0.314 e. The van der Waals surface area contributed by atoms with Gasteiger partial charge in [-0.3, -0.25) is 0 Å². The zero-order valence-corrected chi connectivity index (χ0v) is 10.1. The molecule has 1 nitrogen and oxygen atoms in total. The van der Waals surface area contributed by atoms with E-state index in [4.69, 9.17) is 0 Å². The molecule has 2 rings (SSSR count). The summed E-state index contributed by atoms with van der Waals surface area (Å²) in [5, 5.41) is 3.67. The van der Waals surface area contributed by atoms with Gasteiger partial charge >= 0.3 is 0 Å². The topological polar surface area (TPSA) is 12.0 Å². The number of hydrogen-bond donors (Lipinski definition) is 1. The fraction of sp³-hybridized carbons (Fsp3) is 0.600. The van der Waals surface area contributed by atoms with Crippen molar-refractivity contribution in [3.8, 4) is 0 Å². The van der Waals surface area contributed by atoms with Gasteiger partial charge in [-0.1, -0.05) is 43.2 Å². The van der Waals surface area contributed by atoms with E-state index in [-0.39, 0.29) is 0 Å². The summed E-state index contributed by atoms with van der Waals surface area (Å²) in [4.78, 5) is 0. The summed E-state index contributed by atoms with van der Waals surface area (Å²) in [5.74, 6) is 0. The maximum absolute atomic E-state index is 3.67. The summed E-state index contributed by atoms with van der Waals surface area (Å²) in [7, 11) is 0. The van der Waals surface area contributed by atoms with Gasteiger partial charge in [0.1, 0.15) is 0 Å². The molecule has 0 radical (unpaired) electrons. The van der Waals surface area contributed by atoms with E-state index in [2.05, 4.69) is 35.6 Å². The third-order valence-corrected chi connectivity index (χ3v) is 3.52. The molecule has 1 heteroatoms. The normalized spacial score (nSPS) is 21.6. The van der Waals surface area contributed by atoms with Crippen molar-refractivity contribution in [3.63, 3.8) is 0 Å². The largest absolute Gasteiger partial charge is 0.314 e. The fourth-order valence-corrected chi connectivity index (χ4v) is 2.54. The Bertz CT molecular complexity index is 273. The highest BCUT2D eigenvalue weighted by atomic mass is 14.9. The first-order valence-corrected chi connectivity index (χ1v) is 6.72. The minimum atomic E-state index is 0.784. The molecule has 0 bridgehead atoms. The monoisotopic (exact) mass is 217 g/mol. The van der Waals surface area contributed by atoms with Crippen molar-refractivity contribution in [2.75, 3.05) is 6.54 Å². The molecule has 1 fully saturated rings. The molecule has 1 unspecified atom stereocenters. The average molecular weight is 217 g/mol. The SMILES string of the molecule is c1ccc(CCCC2CCCCCN2)cc1. The van der Waals surface area contributed by atoms with Crippen LogP contribution >= 0.6 is 0 Å². The van der Waals surface area contributed by atoms with Crippen molar-refractivity contribution < 1.29 is 0 Å². The Morgan fingerprint density at radius 1 is 1.06 bits per heavy atom. The number of hydrogen-bond acceptors (Lipinski definition) is 1. The van der Waals surface area contributed by atoms with E-state index in [0.29, 0.717) is 0 Å². The van der Waals surface area contributed by atoms with E-state index in [1.165, 1.54) is 57.1 Å². The van der Waals surface area contributed by atoms with E-state index in [1.54, 1.807) is 0 Å². The third-order valence-electron chi connectivity index (χ3n) is 3.52. The van der Waals surface area contributed by atoms with Crippen LogP contribution in [-0.2, 0) is 6.42 Å². The van der Waals surface area contributed by atoms with Gasteiger partial charge in [-0.25, -0.2) is 0 Å². The van der Waals surface area contributed by atoms with E-state index in [0.717, 1.165) is 6.04 Å². The summed E-state index contributed by atoms with van der Waals surface area (Å²) < 4.78 is 0. The highest BCUT2D eigenvalue weighted by molar-refractivity contribution is 5.14. The Morgan fingerprint density at radius 2 is 1.94 bits per heavy atom. The molecule has 0 aliphatic carbocycles. The van der Waals surface area contributed by atoms with Gasteiger partial charge in [0.2, 0.25) is 0 Å². The summed E-state index contributed by atoms with van der Waals surface area (Å²) in [6.07, 6.45) is 9.49. The molecule has 1 N–H and O–H groups in total. The third kappa shape index (κ3) is 3.97. The predicted molar refractivity (Wildman–Crippen MR) is 69.6 cm³/mol. The van der Waals surface area contributed by atoms with Crippen molar-refractivity contribution in [3.05, 3.63) is 35.9 Å². The summed E-state index contributed by atoms with van der Waals surface area (Å²) in [5.41, 5.74) is 1.48. The maximum Gasteiger partial charge on any atom is 0.00671 e. The lowest BCUT2D eigenvalue weighted by atomic mass is 10.0. The number of rotatable bonds is 4. The molecule has 1 saturated heterocycles. The Hall–Kier alpha value is -0.820. The van der Waals surface area contributed by atoms with Gasteiger partial charge in [-0.2, -0.15) is 0 Å². The van der Waals surface area contributed by atoms with Crippen LogP contribution in [0.25, 0.3) is 0 Å². The average Bonchev–Trinajstić information content (AvgIpc) is 2.59. The van der Waals surface area contributed by atoms with Crippen LogP contribution in [0.2, 0.25) is 0 Å². The van der Waals surface area contributed by atoms with E-state index in [9.17, 15) is 0 Å². The number of benzene rings is 1. The van der Waals surface area contributed by atoms with Crippen molar-refractivity contribution in [1.82, 2.24) is 5.32 Å². The van der Waals surface area contributed by atoms with Crippen molar-refractivity contribution >= 4 is 0 Å². The van der Waals surface area contributed by atoms with Gasteiger partial charge in [0.25, 0.3) is 0 Å². The Morgan fingerprint density at radius 3 is 2.81 bits per heavy atom. The first-order valence-electron chi connectivity index (χ1n) is 6.72. The maximum atomic E-state index is 3.67. The van der Waals surface area contributed by atoms with Gasteiger partial charge in [0.15, 0.2) is 0 Å². The van der Waals surface area contributed by atoms with Crippen molar-refractivity contribution in [2.24, 2.45) is 0 Å². The minimum absolute atomic E-state index is 0.784. The first-order chi connectivity index (χ1) is 7.95. The molecular weight excluding hydrogens is 194 g/mol. The molecule has 16 heavy (non-hydrogen) atoms. The molecule has 1 aromatic rings. The standard InChI is InChI=1S/C15H23N/c1-3-8-14(9-4-1)10-7-12-15-11-5-2-6-13-16-15/h1,3-4,8-9,15-16H,2,5-7,10-13H2. The molecule has 0 aromatic heterocycles. The Kier molecular flexibility index (Phi) is 4.88. The van der Waals surface area contributed by atoms with Gasteiger partial charge in [0, 0.05) is 6.04 Å². The van der Waals surface area contributed by atoms with Crippen LogP contribution < -0.4 is 5.32 Å². The lowest BCUT2D eigenvalue weighted by Crippen LogP contribution is -2.28. The first kappa shape index (κ1) is 11.7. The van der Waals surface area contributed by atoms with Crippen molar-refractivity contribution in [1.29, 1.82) is 0 Å². The molecule has 1 aromatic carbocycles. The van der Waals surface area contributed by atoms with Gasteiger partial charge in [-0.05, 0) is 44.2 Å².